The minimum absolute atomic E-state index is 0.913. The van der Waals surface area contributed by atoms with Crippen LogP contribution < -0.4 is 4.90 Å². The van der Waals surface area contributed by atoms with Gasteiger partial charge in [-0.3, -0.25) is 0 Å². The molecule has 0 saturated heterocycles. The third kappa shape index (κ3) is 4.20. The van der Waals surface area contributed by atoms with E-state index in [-0.39, 0.29) is 0 Å². The standard InChI is InChI=1S/C46H29NO/c1-2-10-32-27-35(23-19-30(32)9-1)47(36-24-25-41-39-13-4-3-11-37(39)38-12-5-6-14-40(38)43(41)29-36)34-21-17-31(18-22-34)33-20-26-46-44(28-33)42-15-7-8-16-45(42)48-46/h1-29H. The summed E-state index contributed by atoms with van der Waals surface area (Å²) in [4.78, 5) is 2.38. The van der Waals surface area contributed by atoms with Crippen LogP contribution in [0.3, 0.4) is 0 Å². The molecule has 48 heavy (non-hydrogen) atoms. The predicted molar refractivity (Wildman–Crippen MR) is 204 cm³/mol. The van der Waals surface area contributed by atoms with E-state index < -0.39 is 0 Å². The average molecular weight is 612 g/mol. The summed E-state index contributed by atoms with van der Waals surface area (Å²) < 4.78 is 6.10. The Bertz CT molecular complexity index is 2810. The number of hydrogen-bond acceptors (Lipinski definition) is 2. The number of benzene rings is 9. The lowest BCUT2D eigenvalue weighted by atomic mass is 9.94. The number of fused-ring (bicyclic) bond motifs is 10. The van der Waals surface area contributed by atoms with E-state index in [2.05, 4.69) is 169 Å². The van der Waals surface area contributed by atoms with Gasteiger partial charge >= 0.3 is 0 Å². The predicted octanol–water partition coefficient (Wildman–Crippen LogP) is 13.3. The third-order valence-electron chi connectivity index (χ3n) is 9.81. The van der Waals surface area contributed by atoms with Crippen LogP contribution in [0.1, 0.15) is 0 Å². The molecule has 0 aliphatic rings. The van der Waals surface area contributed by atoms with Crippen LogP contribution in [0.5, 0.6) is 0 Å². The van der Waals surface area contributed by atoms with Gasteiger partial charge in [0.1, 0.15) is 11.2 Å². The minimum Gasteiger partial charge on any atom is -0.456 e. The van der Waals surface area contributed by atoms with Crippen LogP contribution in [-0.2, 0) is 0 Å². The molecule has 0 amide bonds. The summed E-state index contributed by atoms with van der Waals surface area (Å²) in [5, 5.41) is 12.4. The van der Waals surface area contributed by atoms with Crippen LogP contribution >= 0.6 is 0 Å². The second-order valence-corrected chi connectivity index (χ2v) is 12.5. The second-order valence-electron chi connectivity index (χ2n) is 12.5. The molecular formula is C46H29NO. The van der Waals surface area contributed by atoms with Crippen molar-refractivity contribution in [2.45, 2.75) is 0 Å². The summed E-state index contributed by atoms with van der Waals surface area (Å²) in [7, 11) is 0. The Morgan fingerprint density at radius 1 is 0.292 bits per heavy atom. The number of furan rings is 1. The Labute approximate surface area is 277 Å². The quantitative estimate of drug-likeness (QED) is 0.184. The molecule has 0 aliphatic heterocycles. The Balaban J connectivity index is 1.15. The molecule has 0 atom stereocenters. The lowest BCUT2D eigenvalue weighted by Gasteiger charge is -2.27. The van der Waals surface area contributed by atoms with Crippen molar-refractivity contribution >= 4 is 82.1 Å². The first kappa shape index (κ1) is 26.8. The van der Waals surface area contributed by atoms with E-state index >= 15 is 0 Å². The molecule has 1 aromatic heterocycles. The van der Waals surface area contributed by atoms with Crippen molar-refractivity contribution in [1.82, 2.24) is 0 Å². The fourth-order valence-corrected chi connectivity index (χ4v) is 7.51. The summed E-state index contributed by atoms with van der Waals surface area (Å²) in [6, 6.07) is 63.5. The first-order valence-electron chi connectivity index (χ1n) is 16.4. The smallest absolute Gasteiger partial charge is 0.135 e. The van der Waals surface area contributed by atoms with Crippen molar-refractivity contribution in [3.8, 4) is 11.1 Å². The summed E-state index contributed by atoms with van der Waals surface area (Å²) in [6.45, 7) is 0. The summed E-state index contributed by atoms with van der Waals surface area (Å²) in [5.74, 6) is 0. The molecule has 0 unspecified atom stereocenters. The SMILES string of the molecule is c1ccc2cc(N(c3ccc(-c4ccc5oc6ccccc6c5c4)cc3)c3ccc4c5ccccc5c5ccccc5c4c3)ccc2c1. The van der Waals surface area contributed by atoms with Gasteiger partial charge in [0, 0.05) is 27.8 Å². The van der Waals surface area contributed by atoms with Crippen molar-refractivity contribution < 1.29 is 4.42 Å². The van der Waals surface area contributed by atoms with E-state index in [1.54, 1.807) is 0 Å². The first-order chi connectivity index (χ1) is 23.8. The van der Waals surface area contributed by atoms with Gasteiger partial charge in [-0.25, -0.2) is 0 Å². The average Bonchev–Trinajstić information content (AvgIpc) is 3.53. The molecule has 1 heterocycles. The molecule has 224 valence electrons. The number of anilines is 3. The highest BCUT2D eigenvalue weighted by Gasteiger charge is 2.17. The fourth-order valence-electron chi connectivity index (χ4n) is 7.51. The van der Waals surface area contributed by atoms with E-state index in [0.29, 0.717) is 0 Å². The zero-order chi connectivity index (χ0) is 31.6. The van der Waals surface area contributed by atoms with Crippen LogP contribution in [0, 0.1) is 0 Å². The Hall–Kier alpha value is -6.38. The maximum atomic E-state index is 6.10. The first-order valence-corrected chi connectivity index (χ1v) is 16.4. The molecule has 0 saturated carbocycles. The third-order valence-corrected chi connectivity index (χ3v) is 9.81. The lowest BCUT2D eigenvalue weighted by Crippen LogP contribution is -2.10. The molecule has 0 bridgehead atoms. The van der Waals surface area contributed by atoms with Crippen LogP contribution in [0.25, 0.3) is 76.2 Å². The Morgan fingerprint density at radius 3 is 1.56 bits per heavy atom. The van der Waals surface area contributed by atoms with Gasteiger partial charge in [0.2, 0.25) is 0 Å². The molecule has 0 spiro atoms. The monoisotopic (exact) mass is 611 g/mol. The Morgan fingerprint density at radius 2 is 0.812 bits per heavy atom. The highest BCUT2D eigenvalue weighted by atomic mass is 16.3. The topological polar surface area (TPSA) is 16.4 Å². The number of nitrogens with zero attached hydrogens (tertiary/aromatic N) is 1. The largest absolute Gasteiger partial charge is 0.456 e. The van der Waals surface area contributed by atoms with Gasteiger partial charge in [-0.05, 0) is 109 Å². The maximum absolute atomic E-state index is 6.10. The van der Waals surface area contributed by atoms with Crippen molar-refractivity contribution in [1.29, 1.82) is 0 Å². The highest BCUT2D eigenvalue weighted by Crippen LogP contribution is 2.42. The van der Waals surface area contributed by atoms with Gasteiger partial charge in [-0.15, -0.1) is 0 Å². The highest BCUT2D eigenvalue weighted by molar-refractivity contribution is 6.25. The molecule has 2 heteroatoms. The van der Waals surface area contributed by atoms with Crippen molar-refractivity contribution in [3.05, 3.63) is 176 Å². The minimum atomic E-state index is 0.913. The zero-order valence-electron chi connectivity index (χ0n) is 26.1. The van der Waals surface area contributed by atoms with Gasteiger partial charge in [0.05, 0.1) is 0 Å². The van der Waals surface area contributed by atoms with Crippen molar-refractivity contribution in [2.75, 3.05) is 4.90 Å². The lowest BCUT2D eigenvalue weighted by molar-refractivity contribution is 0.669. The van der Waals surface area contributed by atoms with Gasteiger partial charge in [0.15, 0.2) is 0 Å². The second kappa shape index (κ2) is 10.6. The van der Waals surface area contributed by atoms with Crippen molar-refractivity contribution in [3.63, 3.8) is 0 Å². The summed E-state index contributed by atoms with van der Waals surface area (Å²) in [5.41, 5.74) is 7.52. The normalized spacial score (nSPS) is 11.8. The number of para-hydroxylation sites is 1. The van der Waals surface area contributed by atoms with Gasteiger partial charge in [0.25, 0.3) is 0 Å². The molecule has 0 N–H and O–H groups in total. The molecule has 9 aromatic carbocycles. The van der Waals surface area contributed by atoms with E-state index in [1.165, 1.54) is 54.2 Å². The molecule has 0 radical (unpaired) electrons. The molecule has 0 fully saturated rings. The van der Waals surface area contributed by atoms with Gasteiger partial charge in [-0.1, -0.05) is 121 Å². The van der Waals surface area contributed by atoms with E-state index in [1.807, 2.05) is 12.1 Å². The van der Waals surface area contributed by atoms with E-state index in [4.69, 9.17) is 4.42 Å². The molecule has 2 nitrogen and oxygen atoms in total. The maximum Gasteiger partial charge on any atom is 0.135 e. The van der Waals surface area contributed by atoms with E-state index in [9.17, 15) is 0 Å². The van der Waals surface area contributed by atoms with Crippen LogP contribution in [0.2, 0.25) is 0 Å². The molecule has 0 aliphatic carbocycles. The van der Waals surface area contributed by atoms with Crippen LogP contribution in [-0.4, -0.2) is 0 Å². The zero-order valence-corrected chi connectivity index (χ0v) is 26.1. The molecular weight excluding hydrogens is 583 g/mol. The fraction of sp³-hybridized carbons (Fsp3) is 0. The van der Waals surface area contributed by atoms with Gasteiger partial charge < -0.3 is 9.32 Å². The van der Waals surface area contributed by atoms with Crippen molar-refractivity contribution in [2.24, 2.45) is 0 Å². The number of rotatable bonds is 4. The van der Waals surface area contributed by atoms with Crippen LogP contribution in [0.4, 0.5) is 17.1 Å². The summed E-state index contributed by atoms with van der Waals surface area (Å²) in [6.07, 6.45) is 0. The number of hydrogen-bond donors (Lipinski definition) is 0. The molecule has 10 rings (SSSR count). The van der Waals surface area contributed by atoms with Gasteiger partial charge in [-0.2, -0.15) is 0 Å². The summed E-state index contributed by atoms with van der Waals surface area (Å²) >= 11 is 0. The Kier molecular flexibility index (Phi) is 5.91. The molecule has 10 aromatic rings. The van der Waals surface area contributed by atoms with Crippen LogP contribution in [0.15, 0.2) is 180 Å². The van der Waals surface area contributed by atoms with E-state index in [0.717, 1.165) is 39.0 Å².